The first-order valence-corrected chi connectivity index (χ1v) is 14.1. The van der Waals surface area contributed by atoms with Crippen molar-refractivity contribution >= 4 is 17.5 Å². The van der Waals surface area contributed by atoms with Gasteiger partial charge in [0, 0.05) is 23.2 Å². The number of halogens is 2. The molecular formula is C30H39ClFN2O2+. The number of hydrogen-bond donors (Lipinski definition) is 1. The molecule has 0 radical (unpaired) electrons. The third-order valence-corrected chi connectivity index (χ3v) is 9.40. The quantitative estimate of drug-likeness (QED) is 0.630. The summed E-state index contributed by atoms with van der Waals surface area (Å²) < 4.78 is 21.6. The Hall–Kier alpha value is -1.95. The van der Waals surface area contributed by atoms with Crippen LogP contribution in [-0.2, 0) is 21.4 Å². The molecule has 3 aliphatic heterocycles. The first-order chi connectivity index (χ1) is 17.5. The summed E-state index contributed by atoms with van der Waals surface area (Å²) >= 11 is 6.24. The predicted molar refractivity (Wildman–Crippen MR) is 141 cm³/mol. The Morgan fingerprint density at radius 3 is 2.78 bits per heavy atom. The first kappa shape index (κ1) is 25.7. The lowest BCUT2D eigenvalue weighted by atomic mass is 9.69. The molecule has 3 heterocycles. The van der Waals surface area contributed by atoms with Crippen LogP contribution in [0.3, 0.4) is 0 Å². The molecule has 4 nitrogen and oxygen atoms in total. The van der Waals surface area contributed by atoms with E-state index in [1.807, 2.05) is 6.07 Å². The Morgan fingerprint density at radius 1 is 1.25 bits per heavy atom. The monoisotopic (exact) mass is 513 g/mol. The third kappa shape index (κ3) is 4.59. The van der Waals surface area contributed by atoms with Crippen molar-refractivity contribution in [2.24, 2.45) is 11.8 Å². The highest BCUT2D eigenvalue weighted by Gasteiger charge is 2.56. The van der Waals surface area contributed by atoms with E-state index in [9.17, 15) is 4.79 Å². The number of amides is 1. The van der Waals surface area contributed by atoms with E-state index in [1.54, 1.807) is 0 Å². The number of nitrogens with zero attached hydrogens (tertiary/aromatic N) is 1. The second kappa shape index (κ2) is 10.8. The zero-order chi connectivity index (χ0) is 25.3. The standard InChI is InChI=1S/C30H38ClFN2O2/c1-3-20(4-2)27-15-22(21-8-6-5-7-9-21)10-12-34(27)29(35)25-17-33-18-30(25)19-36-13-11-23-14-24(31)16-26(32)28(23)30/h5-9,14,16,20,22,25,27,33H,3-4,10-13,15,17-19H2,1-2H3/p+1/t22-,25+,27+,30+/m1/s1. The molecule has 36 heavy (non-hydrogen) atoms. The van der Waals surface area contributed by atoms with Gasteiger partial charge in [0.2, 0.25) is 5.91 Å². The lowest BCUT2D eigenvalue weighted by Gasteiger charge is -2.45. The zero-order valence-corrected chi connectivity index (χ0v) is 22.3. The van der Waals surface area contributed by atoms with E-state index >= 15 is 4.39 Å². The minimum atomic E-state index is -0.660. The highest BCUT2D eigenvalue weighted by Crippen LogP contribution is 2.43. The number of benzene rings is 2. The summed E-state index contributed by atoms with van der Waals surface area (Å²) in [5.41, 5.74) is 2.27. The Bertz CT molecular complexity index is 1080. The Balaban J connectivity index is 1.49. The number of quaternary nitrogens is 1. The van der Waals surface area contributed by atoms with Crippen molar-refractivity contribution in [3.05, 3.63) is 70.0 Å². The minimum Gasteiger partial charge on any atom is -0.380 e. The number of ether oxygens (including phenoxy) is 1. The van der Waals surface area contributed by atoms with E-state index in [0.717, 1.165) is 37.8 Å². The van der Waals surface area contributed by atoms with Crippen LogP contribution in [-0.4, -0.2) is 49.7 Å². The van der Waals surface area contributed by atoms with Gasteiger partial charge in [-0.25, -0.2) is 4.39 Å². The molecule has 0 bridgehead atoms. The van der Waals surface area contributed by atoms with E-state index in [-0.39, 0.29) is 23.7 Å². The number of nitrogens with two attached hydrogens (primary N) is 1. The Kier molecular flexibility index (Phi) is 7.71. The number of carbonyl (C=O) groups excluding carboxylic acids is 1. The van der Waals surface area contributed by atoms with Gasteiger partial charge in [0.05, 0.1) is 31.7 Å². The number of hydrogen-bond acceptors (Lipinski definition) is 2. The molecule has 0 unspecified atom stereocenters. The summed E-state index contributed by atoms with van der Waals surface area (Å²) in [6.07, 6.45) is 4.67. The third-order valence-electron chi connectivity index (χ3n) is 9.18. The van der Waals surface area contributed by atoms with Gasteiger partial charge in [-0.2, -0.15) is 0 Å². The van der Waals surface area contributed by atoms with Crippen molar-refractivity contribution in [2.75, 3.05) is 32.8 Å². The molecule has 0 aromatic heterocycles. The smallest absolute Gasteiger partial charge is 0.232 e. The molecule has 3 aliphatic rings. The zero-order valence-electron chi connectivity index (χ0n) is 21.5. The molecular weight excluding hydrogens is 475 g/mol. The molecule has 2 aromatic carbocycles. The van der Waals surface area contributed by atoms with Crippen LogP contribution in [0.4, 0.5) is 4.39 Å². The van der Waals surface area contributed by atoms with E-state index in [1.165, 1.54) is 11.6 Å². The summed E-state index contributed by atoms with van der Waals surface area (Å²) in [4.78, 5) is 16.6. The lowest BCUT2D eigenvalue weighted by molar-refractivity contribution is -0.640. The second-order valence-corrected chi connectivity index (χ2v) is 11.4. The summed E-state index contributed by atoms with van der Waals surface area (Å²) in [6, 6.07) is 14.2. The van der Waals surface area contributed by atoms with Gasteiger partial charge in [0.25, 0.3) is 0 Å². The summed E-state index contributed by atoms with van der Waals surface area (Å²) in [5.74, 6) is 0.491. The summed E-state index contributed by atoms with van der Waals surface area (Å²) in [5, 5.41) is 2.59. The van der Waals surface area contributed by atoms with E-state index < -0.39 is 5.41 Å². The van der Waals surface area contributed by atoms with Crippen molar-refractivity contribution in [3.8, 4) is 0 Å². The van der Waals surface area contributed by atoms with E-state index in [4.69, 9.17) is 16.3 Å². The van der Waals surface area contributed by atoms with Crippen LogP contribution >= 0.6 is 11.6 Å². The largest absolute Gasteiger partial charge is 0.380 e. The van der Waals surface area contributed by atoms with Crippen LogP contribution < -0.4 is 5.32 Å². The summed E-state index contributed by atoms with van der Waals surface area (Å²) in [7, 11) is 0. The molecule has 194 valence electrons. The van der Waals surface area contributed by atoms with Crippen molar-refractivity contribution in [3.63, 3.8) is 0 Å². The van der Waals surface area contributed by atoms with Gasteiger partial charge >= 0.3 is 0 Å². The molecule has 2 N–H and O–H groups in total. The van der Waals surface area contributed by atoms with Gasteiger partial charge in [0.1, 0.15) is 11.7 Å². The fourth-order valence-electron chi connectivity index (χ4n) is 7.32. The van der Waals surface area contributed by atoms with Crippen LogP contribution in [0.1, 0.15) is 62.1 Å². The van der Waals surface area contributed by atoms with Crippen LogP contribution in [0.15, 0.2) is 42.5 Å². The number of carbonyl (C=O) groups is 1. The van der Waals surface area contributed by atoms with Gasteiger partial charge in [-0.1, -0.05) is 68.6 Å². The van der Waals surface area contributed by atoms with Gasteiger partial charge in [-0.3, -0.25) is 4.79 Å². The maximum atomic E-state index is 15.6. The predicted octanol–water partition coefficient (Wildman–Crippen LogP) is 4.69. The van der Waals surface area contributed by atoms with Crippen LogP contribution in [0, 0.1) is 17.7 Å². The molecule has 1 amide bonds. The highest BCUT2D eigenvalue weighted by atomic mass is 35.5. The van der Waals surface area contributed by atoms with Crippen LogP contribution in [0.25, 0.3) is 0 Å². The molecule has 2 saturated heterocycles. The van der Waals surface area contributed by atoms with E-state index in [2.05, 4.69) is 54.4 Å². The number of rotatable bonds is 5. The van der Waals surface area contributed by atoms with Crippen LogP contribution in [0.5, 0.6) is 0 Å². The van der Waals surface area contributed by atoms with Gasteiger partial charge < -0.3 is 15.0 Å². The molecule has 2 aromatic rings. The molecule has 0 aliphatic carbocycles. The molecule has 6 heteroatoms. The highest BCUT2D eigenvalue weighted by molar-refractivity contribution is 6.30. The minimum absolute atomic E-state index is 0.179. The Labute approximate surface area is 219 Å². The molecule has 5 rings (SSSR count). The van der Waals surface area contributed by atoms with E-state index in [0.29, 0.717) is 55.1 Å². The second-order valence-electron chi connectivity index (χ2n) is 11.0. The van der Waals surface area contributed by atoms with Gasteiger partial charge in [0.15, 0.2) is 0 Å². The number of piperidine rings is 1. The van der Waals surface area contributed by atoms with Gasteiger partial charge in [-0.15, -0.1) is 0 Å². The van der Waals surface area contributed by atoms with Gasteiger partial charge in [-0.05, 0) is 54.4 Å². The average molecular weight is 514 g/mol. The maximum Gasteiger partial charge on any atom is 0.232 e. The first-order valence-electron chi connectivity index (χ1n) is 13.7. The fourth-order valence-corrected chi connectivity index (χ4v) is 7.54. The van der Waals surface area contributed by atoms with Crippen LogP contribution in [0.2, 0.25) is 5.02 Å². The molecule has 2 fully saturated rings. The normalized spacial score (nSPS) is 28.4. The van der Waals surface area contributed by atoms with Crippen molar-refractivity contribution in [1.29, 1.82) is 0 Å². The fraction of sp³-hybridized carbons (Fsp3) is 0.567. The number of fused-ring (bicyclic) bond motifs is 2. The SMILES string of the molecule is CCC(CC)[C@@H]1C[C@H](c2ccccc2)CCN1C(=O)[C@@H]1C[NH2+]C[C@]12COCCc1cc(Cl)cc(F)c12. The van der Waals surface area contributed by atoms with Crippen molar-refractivity contribution < 1.29 is 19.2 Å². The molecule has 0 saturated carbocycles. The summed E-state index contributed by atoms with van der Waals surface area (Å²) in [6.45, 7) is 7.45. The number of likely N-dealkylation sites (tertiary alicyclic amines) is 1. The Morgan fingerprint density at radius 2 is 2.03 bits per heavy atom. The average Bonchev–Trinajstić information content (AvgIpc) is 3.21. The van der Waals surface area contributed by atoms with Crippen molar-refractivity contribution in [1.82, 2.24) is 4.90 Å². The van der Waals surface area contributed by atoms with Crippen molar-refractivity contribution in [2.45, 2.75) is 63.3 Å². The topological polar surface area (TPSA) is 46.2 Å². The molecule has 4 atom stereocenters. The maximum absolute atomic E-state index is 15.6. The lowest BCUT2D eigenvalue weighted by Crippen LogP contribution is -2.82. The molecule has 1 spiro atoms.